The van der Waals surface area contributed by atoms with Crippen LogP contribution in [0.25, 0.3) is 87.5 Å². The Morgan fingerprint density at radius 3 is 1.57 bits per heavy atom. The third kappa shape index (κ3) is 3.31. The first-order valence-corrected chi connectivity index (χ1v) is 14.6. The third-order valence-electron chi connectivity index (χ3n) is 9.19. The van der Waals surface area contributed by atoms with Crippen LogP contribution < -0.4 is 0 Å². The highest BCUT2D eigenvalue weighted by Crippen LogP contribution is 2.42. The van der Waals surface area contributed by atoms with Crippen LogP contribution in [0, 0.1) is 0 Å². The molecule has 0 saturated heterocycles. The first-order chi connectivity index (χ1) is 20.7. The molecule has 0 aliphatic carbocycles. The minimum atomic E-state index is 1.23. The maximum atomic E-state index is 2.34. The molecule has 0 N–H and O–H groups in total. The Labute approximate surface area is 244 Å². The average molecular weight is 534 g/mol. The fourth-order valence-corrected chi connectivity index (χ4v) is 7.11. The number of para-hydroxylation sites is 1. The Hall–Kier alpha value is -5.40. The minimum absolute atomic E-state index is 1.23. The molecule has 0 saturated carbocycles. The summed E-state index contributed by atoms with van der Waals surface area (Å²) in [6.07, 6.45) is 0. The number of hydrogen-bond donors (Lipinski definition) is 0. The van der Waals surface area contributed by atoms with Gasteiger partial charge in [-0.05, 0) is 83.9 Å². The molecule has 1 aromatic heterocycles. The third-order valence-corrected chi connectivity index (χ3v) is 9.19. The second-order valence-electron chi connectivity index (χ2n) is 11.4. The van der Waals surface area contributed by atoms with Gasteiger partial charge in [0.15, 0.2) is 0 Å². The summed E-state index contributed by atoms with van der Waals surface area (Å²) in [4.78, 5) is 0. The minimum Gasteiger partial charge on any atom is -0.344 e. The molecule has 1 heterocycles. The topological polar surface area (TPSA) is 4.93 Å². The first-order valence-electron chi connectivity index (χ1n) is 14.6. The second-order valence-corrected chi connectivity index (χ2v) is 11.4. The van der Waals surface area contributed by atoms with Gasteiger partial charge in [0.25, 0.3) is 0 Å². The lowest BCUT2D eigenvalue weighted by Gasteiger charge is -2.16. The lowest BCUT2D eigenvalue weighted by molar-refractivity contribution is 1.01. The van der Waals surface area contributed by atoms with E-state index in [1.807, 2.05) is 0 Å². The smallest absolute Gasteiger partial charge is 0.0489 e. The van der Waals surface area contributed by atoms with E-state index >= 15 is 0 Å². The monoisotopic (exact) mass is 533 g/mol. The SMILES string of the molecule is Cn1c2ccccc2c2cc(-c3ccc(-c4ccc5ccc6c(-c7ccccc7)ccc7ccc4c5c76)cc3)ccc21. The Morgan fingerprint density at radius 1 is 0.357 bits per heavy atom. The highest BCUT2D eigenvalue weighted by atomic mass is 14.9. The Balaban J connectivity index is 1.18. The molecule has 42 heavy (non-hydrogen) atoms. The van der Waals surface area contributed by atoms with Crippen molar-refractivity contribution in [2.45, 2.75) is 0 Å². The first kappa shape index (κ1) is 23.3. The van der Waals surface area contributed by atoms with Crippen molar-refractivity contribution in [3.8, 4) is 33.4 Å². The van der Waals surface area contributed by atoms with Crippen LogP contribution in [0.2, 0.25) is 0 Å². The predicted octanol–water partition coefficient (Wildman–Crippen LogP) is 11.2. The van der Waals surface area contributed by atoms with E-state index in [1.54, 1.807) is 0 Å². The van der Waals surface area contributed by atoms with Crippen molar-refractivity contribution < 1.29 is 0 Å². The molecule has 196 valence electrons. The number of hydrogen-bond acceptors (Lipinski definition) is 0. The van der Waals surface area contributed by atoms with Crippen LogP contribution in [0.3, 0.4) is 0 Å². The van der Waals surface area contributed by atoms with Gasteiger partial charge in [-0.3, -0.25) is 0 Å². The van der Waals surface area contributed by atoms with E-state index in [4.69, 9.17) is 0 Å². The molecule has 1 heteroatoms. The van der Waals surface area contributed by atoms with Crippen molar-refractivity contribution in [2.75, 3.05) is 0 Å². The van der Waals surface area contributed by atoms with Crippen LogP contribution in [-0.2, 0) is 7.05 Å². The summed E-state index contributed by atoms with van der Waals surface area (Å²) >= 11 is 0. The van der Waals surface area contributed by atoms with E-state index in [1.165, 1.54) is 87.5 Å². The number of benzene rings is 8. The number of nitrogens with zero attached hydrogens (tertiary/aromatic N) is 1. The van der Waals surface area contributed by atoms with Crippen molar-refractivity contribution in [3.05, 3.63) is 146 Å². The van der Waals surface area contributed by atoms with Gasteiger partial charge in [-0.15, -0.1) is 0 Å². The molecule has 0 aliphatic heterocycles. The lowest BCUT2D eigenvalue weighted by Crippen LogP contribution is -1.89. The van der Waals surface area contributed by atoms with Gasteiger partial charge >= 0.3 is 0 Å². The quantitative estimate of drug-likeness (QED) is 0.199. The lowest BCUT2D eigenvalue weighted by atomic mass is 9.87. The summed E-state index contributed by atoms with van der Waals surface area (Å²) in [5, 5.41) is 10.5. The second kappa shape index (κ2) is 8.80. The summed E-state index contributed by atoms with van der Waals surface area (Å²) in [6.45, 7) is 0. The van der Waals surface area contributed by atoms with Gasteiger partial charge in [0.1, 0.15) is 0 Å². The number of aryl methyl sites for hydroxylation is 1. The molecule has 1 nitrogen and oxygen atoms in total. The van der Waals surface area contributed by atoms with Crippen LogP contribution in [-0.4, -0.2) is 4.57 Å². The summed E-state index contributed by atoms with van der Waals surface area (Å²) in [5.41, 5.74) is 10.1. The highest BCUT2D eigenvalue weighted by molar-refractivity contribution is 6.27. The average Bonchev–Trinajstić information content (AvgIpc) is 3.35. The summed E-state index contributed by atoms with van der Waals surface area (Å²) in [6, 6.07) is 53.6. The van der Waals surface area contributed by atoms with E-state index in [9.17, 15) is 0 Å². The van der Waals surface area contributed by atoms with Gasteiger partial charge in [-0.1, -0.05) is 127 Å². The van der Waals surface area contributed by atoms with Gasteiger partial charge in [-0.2, -0.15) is 0 Å². The van der Waals surface area contributed by atoms with E-state index in [-0.39, 0.29) is 0 Å². The molecule has 0 spiro atoms. The van der Waals surface area contributed by atoms with Gasteiger partial charge in [0.05, 0.1) is 0 Å². The highest BCUT2D eigenvalue weighted by Gasteiger charge is 2.15. The van der Waals surface area contributed by atoms with E-state index in [0.717, 1.165) is 0 Å². The molecule has 0 aliphatic rings. The van der Waals surface area contributed by atoms with Crippen molar-refractivity contribution in [1.82, 2.24) is 4.57 Å². The normalized spacial score (nSPS) is 11.9. The van der Waals surface area contributed by atoms with Crippen LogP contribution in [0.4, 0.5) is 0 Å². The van der Waals surface area contributed by atoms with Gasteiger partial charge in [-0.25, -0.2) is 0 Å². The zero-order chi connectivity index (χ0) is 27.8. The predicted molar refractivity (Wildman–Crippen MR) is 180 cm³/mol. The van der Waals surface area contributed by atoms with Gasteiger partial charge in [0.2, 0.25) is 0 Å². The molecule has 0 radical (unpaired) electrons. The zero-order valence-corrected chi connectivity index (χ0v) is 23.3. The van der Waals surface area contributed by atoms with Crippen molar-refractivity contribution in [2.24, 2.45) is 7.05 Å². The Kier molecular flexibility index (Phi) is 4.88. The summed E-state index contributed by atoms with van der Waals surface area (Å²) in [7, 11) is 2.15. The number of fused-ring (bicyclic) bond motifs is 3. The number of rotatable bonds is 3. The molecular formula is C41H27N. The number of aromatic nitrogens is 1. The Bertz CT molecular complexity index is 2440. The van der Waals surface area contributed by atoms with Crippen LogP contribution in [0.1, 0.15) is 0 Å². The Morgan fingerprint density at radius 2 is 0.881 bits per heavy atom. The maximum Gasteiger partial charge on any atom is 0.0489 e. The molecule has 8 aromatic carbocycles. The molecular weight excluding hydrogens is 506 g/mol. The molecule has 9 rings (SSSR count). The molecule has 0 unspecified atom stereocenters. The van der Waals surface area contributed by atoms with E-state index in [2.05, 4.69) is 157 Å². The zero-order valence-electron chi connectivity index (χ0n) is 23.3. The molecule has 9 aromatic rings. The van der Waals surface area contributed by atoms with Gasteiger partial charge < -0.3 is 4.57 Å². The van der Waals surface area contributed by atoms with E-state index in [0.29, 0.717) is 0 Å². The van der Waals surface area contributed by atoms with Gasteiger partial charge in [0, 0.05) is 28.9 Å². The summed E-state index contributed by atoms with van der Waals surface area (Å²) in [5.74, 6) is 0. The largest absolute Gasteiger partial charge is 0.344 e. The van der Waals surface area contributed by atoms with Crippen molar-refractivity contribution in [3.63, 3.8) is 0 Å². The van der Waals surface area contributed by atoms with E-state index < -0.39 is 0 Å². The fraction of sp³-hybridized carbons (Fsp3) is 0.0244. The molecule has 0 atom stereocenters. The fourth-order valence-electron chi connectivity index (χ4n) is 7.11. The molecule has 0 fully saturated rings. The van der Waals surface area contributed by atoms with Crippen molar-refractivity contribution >= 4 is 54.1 Å². The van der Waals surface area contributed by atoms with Crippen LogP contribution in [0.5, 0.6) is 0 Å². The maximum absolute atomic E-state index is 2.34. The molecule has 0 bridgehead atoms. The van der Waals surface area contributed by atoms with Crippen LogP contribution >= 0.6 is 0 Å². The van der Waals surface area contributed by atoms with Crippen molar-refractivity contribution in [1.29, 1.82) is 0 Å². The molecule has 0 amide bonds. The standard InChI is InChI=1S/C41H27N/c1-42-38-10-6-5-9-34(38)37-25-31(19-24-39(37)42)26-11-13-28(14-12-26)33-21-16-30-17-22-35-32(27-7-3-2-4-8-27)20-15-29-18-23-36(33)41(30)40(29)35/h2-25H,1H3. The van der Waals surface area contributed by atoms with Crippen LogP contribution in [0.15, 0.2) is 146 Å². The summed E-state index contributed by atoms with van der Waals surface area (Å²) < 4.78 is 2.29.